The first kappa shape index (κ1) is 15.0. The first-order valence-electron chi connectivity index (χ1n) is 6.72. The molecule has 0 aliphatic heterocycles. The molecule has 0 fully saturated rings. The Balaban J connectivity index is 1.60. The summed E-state index contributed by atoms with van der Waals surface area (Å²) in [5.41, 5.74) is 0.769. The summed E-state index contributed by atoms with van der Waals surface area (Å²) in [6.45, 7) is -0.168. The lowest BCUT2D eigenvalue weighted by Gasteiger charge is -2.02. The highest BCUT2D eigenvalue weighted by molar-refractivity contribution is 7.22. The molecule has 2 amide bonds. The number of nitrogens with one attached hydrogen (secondary N) is 2. The second kappa shape index (κ2) is 6.49. The van der Waals surface area contributed by atoms with Gasteiger partial charge in [-0.25, -0.2) is 4.98 Å². The fourth-order valence-corrected chi connectivity index (χ4v) is 2.81. The number of carbonyl (C=O) groups excluding carboxylic acids is 2. The predicted molar refractivity (Wildman–Crippen MR) is 85.8 cm³/mol. The van der Waals surface area contributed by atoms with Crippen molar-refractivity contribution in [2.24, 2.45) is 0 Å². The van der Waals surface area contributed by atoms with E-state index in [4.69, 9.17) is 9.15 Å². The number of amides is 2. The number of hydrogen-bond donors (Lipinski definition) is 2. The number of hydrogen-bond acceptors (Lipinski definition) is 6. The van der Waals surface area contributed by atoms with Crippen molar-refractivity contribution in [3.63, 3.8) is 0 Å². The van der Waals surface area contributed by atoms with E-state index in [1.807, 2.05) is 12.1 Å². The Hall–Kier alpha value is -2.87. The largest absolute Gasteiger partial charge is 0.497 e. The van der Waals surface area contributed by atoms with E-state index in [1.54, 1.807) is 19.2 Å². The molecule has 2 heterocycles. The van der Waals surface area contributed by atoms with E-state index < -0.39 is 5.91 Å². The Kier molecular flexibility index (Phi) is 4.24. The van der Waals surface area contributed by atoms with E-state index in [2.05, 4.69) is 15.6 Å². The van der Waals surface area contributed by atoms with Crippen LogP contribution in [0.5, 0.6) is 5.75 Å². The van der Waals surface area contributed by atoms with Gasteiger partial charge in [-0.2, -0.15) is 0 Å². The van der Waals surface area contributed by atoms with Crippen molar-refractivity contribution < 1.29 is 18.7 Å². The van der Waals surface area contributed by atoms with Gasteiger partial charge >= 0.3 is 0 Å². The van der Waals surface area contributed by atoms with Gasteiger partial charge in [-0.15, -0.1) is 0 Å². The van der Waals surface area contributed by atoms with Crippen LogP contribution in [0.4, 0.5) is 5.13 Å². The molecular formula is C15H13N3O4S. The summed E-state index contributed by atoms with van der Waals surface area (Å²) >= 11 is 1.33. The maximum atomic E-state index is 11.9. The normalized spacial score (nSPS) is 10.5. The molecule has 0 saturated carbocycles. The molecular weight excluding hydrogens is 318 g/mol. The van der Waals surface area contributed by atoms with Gasteiger partial charge < -0.3 is 19.8 Å². The van der Waals surface area contributed by atoms with Gasteiger partial charge in [0.05, 0.1) is 30.1 Å². The molecule has 118 valence electrons. The summed E-state index contributed by atoms with van der Waals surface area (Å²) in [6.07, 6.45) is 1.39. The second-order valence-electron chi connectivity index (χ2n) is 4.56. The number of thiazole rings is 1. The zero-order chi connectivity index (χ0) is 16.2. The van der Waals surface area contributed by atoms with Crippen molar-refractivity contribution in [1.82, 2.24) is 10.3 Å². The number of carbonyl (C=O) groups is 2. The van der Waals surface area contributed by atoms with Crippen LogP contribution >= 0.6 is 11.3 Å². The average Bonchev–Trinajstić information content (AvgIpc) is 3.20. The fourth-order valence-electron chi connectivity index (χ4n) is 1.90. The van der Waals surface area contributed by atoms with Crippen LogP contribution in [0.1, 0.15) is 10.6 Å². The van der Waals surface area contributed by atoms with E-state index in [9.17, 15) is 9.59 Å². The monoisotopic (exact) mass is 331 g/mol. The second-order valence-corrected chi connectivity index (χ2v) is 5.59. The van der Waals surface area contributed by atoms with Gasteiger partial charge in [-0.1, -0.05) is 11.3 Å². The number of ether oxygens (including phenoxy) is 1. The molecule has 7 nitrogen and oxygen atoms in total. The molecule has 0 radical (unpaired) electrons. The molecule has 2 aromatic heterocycles. The lowest BCUT2D eigenvalue weighted by atomic mass is 10.3. The number of rotatable bonds is 5. The highest BCUT2D eigenvalue weighted by atomic mass is 32.1. The van der Waals surface area contributed by atoms with Crippen LogP contribution in [0, 0.1) is 0 Å². The minimum Gasteiger partial charge on any atom is -0.497 e. The highest BCUT2D eigenvalue weighted by Gasteiger charge is 2.12. The number of fused-ring (bicyclic) bond motifs is 1. The molecule has 3 rings (SSSR count). The van der Waals surface area contributed by atoms with Crippen LogP contribution in [0.3, 0.4) is 0 Å². The minimum absolute atomic E-state index is 0.157. The molecule has 0 atom stereocenters. The third kappa shape index (κ3) is 3.49. The molecule has 2 N–H and O–H groups in total. The van der Waals surface area contributed by atoms with Crippen molar-refractivity contribution in [3.8, 4) is 5.75 Å². The summed E-state index contributed by atoms with van der Waals surface area (Å²) < 4.78 is 11.0. The van der Waals surface area contributed by atoms with Gasteiger partial charge in [0.2, 0.25) is 5.91 Å². The van der Waals surface area contributed by atoms with Gasteiger partial charge in [0.1, 0.15) is 5.75 Å². The molecule has 0 unspecified atom stereocenters. The van der Waals surface area contributed by atoms with Gasteiger partial charge in [-0.05, 0) is 30.3 Å². The van der Waals surface area contributed by atoms with Crippen molar-refractivity contribution >= 4 is 38.5 Å². The van der Waals surface area contributed by atoms with E-state index in [0.717, 1.165) is 16.0 Å². The first-order valence-corrected chi connectivity index (χ1v) is 7.53. The fraction of sp³-hybridized carbons (Fsp3) is 0.133. The topological polar surface area (TPSA) is 93.5 Å². The number of aromatic nitrogens is 1. The van der Waals surface area contributed by atoms with E-state index in [-0.39, 0.29) is 18.2 Å². The maximum absolute atomic E-state index is 11.9. The van der Waals surface area contributed by atoms with Crippen LogP contribution in [0.15, 0.2) is 41.0 Å². The Morgan fingerprint density at radius 2 is 2.22 bits per heavy atom. The first-order chi connectivity index (χ1) is 11.2. The number of anilines is 1. The Morgan fingerprint density at radius 3 is 2.96 bits per heavy atom. The summed E-state index contributed by atoms with van der Waals surface area (Å²) in [6, 6.07) is 8.59. The number of methoxy groups -OCH3 is 1. The summed E-state index contributed by atoms with van der Waals surface area (Å²) in [5, 5.41) is 5.58. The third-order valence-electron chi connectivity index (χ3n) is 3.00. The Bertz CT molecular complexity index is 842. The van der Waals surface area contributed by atoms with E-state index in [1.165, 1.54) is 23.7 Å². The zero-order valence-corrected chi connectivity index (χ0v) is 13.0. The number of furan rings is 1. The van der Waals surface area contributed by atoms with Crippen LogP contribution in [-0.4, -0.2) is 30.5 Å². The highest BCUT2D eigenvalue weighted by Crippen LogP contribution is 2.28. The van der Waals surface area contributed by atoms with E-state index in [0.29, 0.717) is 5.13 Å². The Labute approximate surface area is 135 Å². The summed E-state index contributed by atoms with van der Waals surface area (Å²) in [4.78, 5) is 27.8. The Morgan fingerprint density at radius 1 is 1.35 bits per heavy atom. The average molecular weight is 331 g/mol. The lowest BCUT2D eigenvalue weighted by molar-refractivity contribution is -0.115. The van der Waals surface area contributed by atoms with Gasteiger partial charge in [-0.3, -0.25) is 9.59 Å². The van der Waals surface area contributed by atoms with Gasteiger partial charge in [0, 0.05) is 0 Å². The number of nitrogens with zero attached hydrogens (tertiary/aromatic N) is 1. The molecule has 0 saturated heterocycles. The minimum atomic E-state index is -0.445. The summed E-state index contributed by atoms with van der Waals surface area (Å²) in [7, 11) is 1.59. The van der Waals surface area contributed by atoms with Crippen molar-refractivity contribution in [3.05, 3.63) is 42.4 Å². The third-order valence-corrected chi connectivity index (χ3v) is 3.93. The molecule has 0 aliphatic carbocycles. The molecule has 23 heavy (non-hydrogen) atoms. The zero-order valence-electron chi connectivity index (χ0n) is 12.2. The quantitative estimate of drug-likeness (QED) is 0.748. The van der Waals surface area contributed by atoms with Crippen LogP contribution < -0.4 is 15.4 Å². The lowest BCUT2D eigenvalue weighted by Crippen LogP contribution is -2.32. The molecule has 3 aromatic rings. The molecule has 8 heteroatoms. The molecule has 0 aliphatic rings. The SMILES string of the molecule is COc1ccc2nc(NC(=O)CNC(=O)c3ccco3)sc2c1. The molecule has 0 bridgehead atoms. The van der Waals surface area contributed by atoms with Gasteiger partial charge in [0.15, 0.2) is 10.9 Å². The van der Waals surface area contributed by atoms with Crippen molar-refractivity contribution in [2.75, 3.05) is 19.0 Å². The standard InChI is InChI=1S/C15H13N3O4S/c1-21-9-4-5-10-12(7-9)23-15(17-10)18-13(19)8-16-14(20)11-3-2-6-22-11/h2-7H,8H2,1H3,(H,16,20)(H,17,18,19). The predicted octanol–water partition coefficient (Wildman–Crippen LogP) is 2.27. The van der Waals surface area contributed by atoms with Crippen molar-refractivity contribution in [1.29, 1.82) is 0 Å². The smallest absolute Gasteiger partial charge is 0.287 e. The van der Waals surface area contributed by atoms with E-state index >= 15 is 0 Å². The van der Waals surface area contributed by atoms with Crippen LogP contribution in [-0.2, 0) is 4.79 Å². The molecule has 1 aromatic carbocycles. The van der Waals surface area contributed by atoms with Crippen LogP contribution in [0.2, 0.25) is 0 Å². The number of benzene rings is 1. The van der Waals surface area contributed by atoms with Crippen molar-refractivity contribution in [2.45, 2.75) is 0 Å². The van der Waals surface area contributed by atoms with Gasteiger partial charge in [0.25, 0.3) is 5.91 Å². The maximum Gasteiger partial charge on any atom is 0.287 e. The molecule has 0 spiro atoms. The summed E-state index contributed by atoms with van der Waals surface area (Å²) in [5.74, 6) is 0.0738. The van der Waals surface area contributed by atoms with Crippen LogP contribution in [0.25, 0.3) is 10.2 Å².